The molecule has 0 aliphatic rings. The van der Waals surface area contributed by atoms with Crippen molar-refractivity contribution in [3.8, 4) is 0 Å². The monoisotopic (exact) mass is 130 g/mol. The van der Waals surface area contributed by atoms with Crippen LogP contribution in [0.3, 0.4) is 0 Å². The normalized spacial score (nSPS) is 9.89. The Balaban J connectivity index is 3.48. The van der Waals surface area contributed by atoms with Crippen molar-refractivity contribution in [2.75, 3.05) is 0 Å². The molecular formula is C4H6N2O3. The molecule has 0 bridgehead atoms. The standard InChI is InChI=1S/C4H6N2O3/c1-3-2-5(8)4(7)6(3)9/h2,8-9H,1H3. The van der Waals surface area contributed by atoms with Gasteiger partial charge in [0.1, 0.15) is 0 Å². The number of nitrogens with zero attached hydrogens (tertiary/aromatic N) is 2. The highest BCUT2D eigenvalue weighted by molar-refractivity contribution is 4.92. The van der Waals surface area contributed by atoms with Crippen LogP contribution in [0.4, 0.5) is 0 Å². The predicted octanol–water partition coefficient (Wildman–Crippen LogP) is -0.567. The minimum absolute atomic E-state index is 0.294. The van der Waals surface area contributed by atoms with Crippen LogP contribution in [0.2, 0.25) is 0 Å². The lowest BCUT2D eigenvalue weighted by atomic mass is 10.6. The first kappa shape index (κ1) is 5.74. The molecule has 0 aromatic carbocycles. The van der Waals surface area contributed by atoms with Crippen LogP contribution in [0, 0.1) is 6.92 Å². The minimum Gasteiger partial charge on any atom is -0.424 e. The van der Waals surface area contributed by atoms with Crippen molar-refractivity contribution >= 4 is 0 Å². The quantitative estimate of drug-likeness (QED) is 0.462. The summed E-state index contributed by atoms with van der Waals surface area (Å²) in [6.07, 6.45) is 1.11. The van der Waals surface area contributed by atoms with Gasteiger partial charge in [-0.2, -0.15) is 0 Å². The van der Waals surface area contributed by atoms with E-state index in [4.69, 9.17) is 10.4 Å². The van der Waals surface area contributed by atoms with Crippen LogP contribution in [-0.4, -0.2) is 19.9 Å². The summed E-state index contributed by atoms with van der Waals surface area (Å²) in [5.41, 5.74) is -0.560. The van der Waals surface area contributed by atoms with E-state index in [1.165, 1.54) is 6.92 Å². The molecule has 5 heteroatoms. The van der Waals surface area contributed by atoms with Crippen molar-refractivity contribution in [3.05, 3.63) is 22.4 Å². The molecule has 2 N–H and O–H groups in total. The molecule has 1 rings (SSSR count). The summed E-state index contributed by atoms with van der Waals surface area (Å²) in [5.74, 6) is 0. The third kappa shape index (κ3) is 0.658. The second-order valence-corrected chi connectivity index (χ2v) is 1.71. The Kier molecular flexibility index (Phi) is 0.985. The summed E-state index contributed by atoms with van der Waals surface area (Å²) in [6, 6.07) is 0. The van der Waals surface area contributed by atoms with E-state index in [2.05, 4.69) is 0 Å². The fraction of sp³-hybridized carbons (Fsp3) is 0.250. The number of hydrogen-bond acceptors (Lipinski definition) is 3. The lowest BCUT2D eigenvalue weighted by Gasteiger charge is -1.85. The van der Waals surface area contributed by atoms with Gasteiger partial charge in [-0.1, -0.05) is 0 Å². The van der Waals surface area contributed by atoms with Crippen molar-refractivity contribution < 1.29 is 10.4 Å². The smallest absolute Gasteiger partial charge is 0.393 e. The Bertz CT molecular complexity index is 272. The summed E-state index contributed by atoms with van der Waals surface area (Å²) in [7, 11) is 0. The minimum atomic E-state index is -0.854. The number of imidazole rings is 1. The van der Waals surface area contributed by atoms with Gasteiger partial charge in [0.15, 0.2) is 0 Å². The van der Waals surface area contributed by atoms with Gasteiger partial charge in [0, 0.05) is 0 Å². The van der Waals surface area contributed by atoms with E-state index in [1.54, 1.807) is 0 Å². The molecule has 0 aliphatic heterocycles. The summed E-state index contributed by atoms with van der Waals surface area (Å²) < 4.78 is 0.676. The van der Waals surface area contributed by atoms with E-state index in [9.17, 15) is 4.79 Å². The van der Waals surface area contributed by atoms with Crippen molar-refractivity contribution in [1.29, 1.82) is 0 Å². The number of hydrogen-bond donors (Lipinski definition) is 2. The zero-order valence-electron chi connectivity index (χ0n) is 4.77. The predicted molar refractivity (Wildman–Crippen MR) is 27.8 cm³/mol. The molecule has 50 valence electrons. The van der Waals surface area contributed by atoms with Crippen LogP contribution < -0.4 is 5.69 Å². The second-order valence-electron chi connectivity index (χ2n) is 1.71. The number of aryl methyl sites for hydroxylation is 1. The van der Waals surface area contributed by atoms with Crippen LogP contribution in [0.15, 0.2) is 11.0 Å². The zero-order chi connectivity index (χ0) is 7.02. The average molecular weight is 130 g/mol. The fourth-order valence-electron chi connectivity index (χ4n) is 0.535. The lowest BCUT2D eigenvalue weighted by Crippen LogP contribution is -2.21. The van der Waals surface area contributed by atoms with Crippen molar-refractivity contribution in [2.24, 2.45) is 0 Å². The van der Waals surface area contributed by atoms with Crippen LogP contribution in [0.1, 0.15) is 5.69 Å². The highest BCUT2D eigenvalue weighted by Crippen LogP contribution is 1.86. The Morgan fingerprint density at radius 1 is 1.56 bits per heavy atom. The summed E-state index contributed by atoms with van der Waals surface area (Å²) >= 11 is 0. The highest BCUT2D eigenvalue weighted by atomic mass is 16.5. The fourth-order valence-corrected chi connectivity index (χ4v) is 0.535. The maximum atomic E-state index is 10.4. The summed E-state index contributed by atoms with van der Waals surface area (Å²) in [4.78, 5) is 10.4. The SMILES string of the molecule is Cc1cn(O)c(=O)n1O. The molecule has 0 spiro atoms. The number of aromatic nitrogens is 2. The van der Waals surface area contributed by atoms with Crippen molar-refractivity contribution in [2.45, 2.75) is 6.92 Å². The molecule has 1 aromatic heterocycles. The first-order valence-corrected chi connectivity index (χ1v) is 2.32. The molecule has 0 unspecified atom stereocenters. The Morgan fingerprint density at radius 2 is 2.11 bits per heavy atom. The second kappa shape index (κ2) is 1.54. The lowest BCUT2D eigenvalue weighted by molar-refractivity contribution is 0.128. The molecule has 5 nitrogen and oxygen atoms in total. The molecular weight excluding hydrogens is 124 g/mol. The van der Waals surface area contributed by atoms with Crippen LogP contribution in [0.5, 0.6) is 0 Å². The first-order chi connectivity index (χ1) is 4.13. The third-order valence-corrected chi connectivity index (χ3v) is 1.02. The first-order valence-electron chi connectivity index (χ1n) is 2.32. The Labute approximate surface area is 50.3 Å². The van der Waals surface area contributed by atoms with Gasteiger partial charge in [-0.25, -0.2) is 4.79 Å². The van der Waals surface area contributed by atoms with Gasteiger partial charge < -0.3 is 10.4 Å². The summed E-state index contributed by atoms with van der Waals surface area (Å²) in [6.45, 7) is 1.49. The van der Waals surface area contributed by atoms with Crippen LogP contribution in [-0.2, 0) is 0 Å². The molecule has 9 heavy (non-hydrogen) atoms. The largest absolute Gasteiger partial charge is 0.424 e. The Hall–Kier alpha value is -1.39. The van der Waals surface area contributed by atoms with E-state index in [0.717, 1.165) is 6.20 Å². The van der Waals surface area contributed by atoms with Gasteiger partial charge in [0.2, 0.25) is 0 Å². The van der Waals surface area contributed by atoms with E-state index in [-0.39, 0.29) is 0 Å². The molecule has 0 saturated carbocycles. The Morgan fingerprint density at radius 3 is 2.22 bits per heavy atom. The van der Waals surface area contributed by atoms with E-state index >= 15 is 0 Å². The topological polar surface area (TPSA) is 67.4 Å². The van der Waals surface area contributed by atoms with Gasteiger partial charge in [-0.3, -0.25) is 0 Å². The zero-order valence-corrected chi connectivity index (χ0v) is 4.77. The third-order valence-electron chi connectivity index (χ3n) is 1.02. The molecule has 0 amide bonds. The molecule has 0 saturated heterocycles. The molecule has 0 radical (unpaired) electrons. The van der Waals surface area contributed by atoms with Crippen molar-refractivity contribution in [1.82, 2.24) is 9.46 Å². The molecule has 0 atom stereocenters. The molecule has 0 aliphatic carbocycles. The van der Waals surface area contributed by atoms with E-state index < -0.39 is 5.69 Å². The molecule has 0 fully saturated rings. The van der Waals surface area contributed by atoms with Gasteiger partial charge in [-0.15, -0.1) is 9.46 Å². The van der Waals surface area contributed by atoms with Crippen LogP contribution in [0.25, 0.3) is 0 Å². The highest BCUT2D eigenvalue weighted by Gasteiger charge is 2.02. The summed E-state index contributed by atoms with van der Waals surface area (Å²) in [5, 5.41) is 17.2. The van der Waals surface area contributed by atoms with Crippen LogP contribution >= 0.6 is 0 Å². The van der Waals surface area contributed by atoms with Gasteiger partial charge in [-0.05, 0) is 6.92 Å². The van der Waals surface area contributed by atoms with E-state index in [1.807, 2.05) is 0 Å². The molecule has 1 aromatic rings. The van der Waals surface area contributed by atoms with Gasteiger partial charge in [0.05, 0.1) is 11.9 Å². The van der Waals surface area contributed by atoms with Crippen molar-refractivity contribution in [3.63, 3.8) is 0 Å². The van der Waals surface area contributed by atoms with Gasteiger partial charge in [0.25, 0.3) is 0 Å². The van der Waals surface area contributed by atoms with Gasteiger partial charge >= 0.3 is 5.69 Å². The maximum Gasteiger partial charge on any atom is 0.393 e. The average Bonchev–Trinajstić information content (AvgIpc) is 1.98. The van der Waals surface area contributed by atoms with E-state index in [0.29, 0.717) is 15.2 Å². The molecule has 1 heterocycles. The maximum absolute atomic E-state index is 10.4. The number of rotatable bonds is 0.